The molecule has 0 aliphatic carbocycles. The van der Waals surface area contributed by atoms with Crippen molar-refractivity contribution in [2.45, 2.75) is 46.0 Å². The van der Waals surface area contributed by atoms with Gasteiger partial charge in [-0.2, -0.15) is 0 Å². The average molecular weight is 904 g/mol. The highest BCUT2D eigenvalue weighted by molar-refractivity contribution is 9.10. The number of anilines is 5. The minimum absolute atomic E-state index is 0. The zero-order chi connectivity index (χ0) is 43.1. The van der Waals surface area contributed by atoms with Crippen LogP contribution in [-0.4, -0.2) is 19.9 Å². The van der Waals surface area contributed by atoms with Crippen LogP contribution in [0.2, 0.25) is 0 Å². The van der Waals surface area contributed by atoms with Crippen LogP contribution in [0.3, 0.4) is 0 Å². The molecule has 0 fully saturated rings. The van der Waals surface area contributed by atoms with Gasteiger partial charge in [0.2, 0.25) is 23.2 Å². The molecule has 0 spiro atoms. The lowest BCUT2D eigenvalue weighted by molar-refractivity contribution is 0.607. The number of para-hydroxylation sites is 4. The second-order valence-corrected chi connectivity index (χ2v) is 17.5. The second-order valence-electron chi connectivity index (χ2n) is 16.6. The Kier molecular flexibility index (Phi) is 11.2. The van der Waals surface area contributed by atoms with Gasteiger partial charge in [0.1, 0.15) is 11.0 Å². The number of rotatable bonds is 3. The summed E-state index contributed by atoms with van der Waals surface area (Å²) in [7, 11) is 0. The number of nitrogens with one attached hydrogen (secondary N) is 1. The first-order valence-electron chi connectivity index (χ1n) is 20.9. The molecule has 10 aromatic rings. The Bertz CT molecular complexity index is 3080. The van der Waals surface area contributed by atoms with Crippen LogP contribution in [0.5, 0.6) is 0 Å². The zero-order valence-electron chi connectivity index (χ0n) is 35.3. The maximum absolute atomic E-state index is 5.84. The van der Waals surface area contributed by atoms with Crippen LogP contribution < -0.4 is 10.2 Å². The van der Waals surface area contributed by atoms with Crippen molar-refractivity contribution in [3.63, 3.8) is 0 Å². The Morgan fingerprint density at radius 1 is 0.469 bits per heavy atom. The molecule has 12 rings (SSSR count). The predicted octanol–water partition coefficient (Wildman–Crippen LogP) is 15.4. The molecule has 8 nitrogen and oxygen atoms in total. The van der Waals surface area contributed by atoms with E-state index in [1.165, 1.54) is 45.0 Å². The Labute approximate surface area is 381 Å². The average Bonchev–Trinajstić information content (AvgIpc) is 3.96. The SMILES string of the molecule is Brc1ccc(-c2nc3cccnc3o2)cc1.C.CC1(C)c2ccccc2N(c2ccc(-c3nc4cccnc4o3)cc2)c2ccccc21.CC1(C)c2ccccc2Nc2ccccc21. The second kappa shape index (κ2) is 17.1. The van der Waals surface area contributed by atoms with Crippen LogP contribution in [0, 0.1) is 0 Å². The molecule has 0 unspecified atom stereocenters. The van der Waals surface area contributed by atoms with E-state index < -0.39 is 0 Å². The molecule has 1 N–H and O–H groups in total. The summed E-state index contributed by atoms with van der Waals surface area (Å²) in [4.78, 5) is 19.6. The number of fused-ring (bicyclic) bond motifs is 6. The lowest BCUT2D eigenvalue weighted by atomic mass is 9.73. The third kappa shape index (κ3) is 7.73. The minimum Gasteiger partial charge on any atom is -0.418 e. The fourth-order valence-electron chi connectivity index (χ4n) is 8.64. The first kappa shape index (κ1) is 42.0. The van der Waals surface area contributed by atoms with E-state index in [1.807, 2.05) is 48.5 Å². The van der Waals surface area contributed by atoms with Gasteiger partial charge in [0.15, 0.2) is 0 Å². The summed E-state index contributed by atoms with van der Waals surface area (Å²) in [5.74, 6) is 1.18. The van der Waals surface area contributed by atoms with Gasteiger partial charge in [-0.15, -0.1) is 0 Å². The summed E-state index contributed by atoms with van der Waals surface area (Å²) < 4.78 is 12.4. The highest BCUT2D eigenvalue weighted by Crippen LogP contribution is 2.52. The van der Waals surface area contributed by atoms with Gasteiger partial charge in [-0.05, 0) is 119 Å². The fraction of sp³-hybridized carbons (Fsp3) is 0.127. The molecule has 2 aliphatic heterocycles. The van der Waals surface area contributed by atoms with Gasteiger partial charge in [-0.3, -0.25) is 0 Å². The van der Waals surface area contributed by atoms with Crippen LogP contribution in [0.1, 0.15) is 57.4 Å². The molecule has 6 aromatic carbocycles. The quantitative estimate of drug-likeness (QED) is 0.187. The van der Waals surface area contributed by atoms with Crippen LogP contribution >= 0.6 is 15.9 Å². The van der Waals surface area contributed by atoms with Gasteiger partial charge in [-0.1, -0.05) is 124 Å². The number of nitrogens with zero attached hydrogens (tertiary/aromatic N) is 5. The first-order valence-corrected chi connectivity index (χ1v) is 21.7. The van der Waals surface area contributed by atoms with E-state index in [4.69, 9.17) is 8.83 Å². The molecular weight excluding hydrogens is 857 g/mol. The molecule has 0 amide bonds. The number of benzene rings is 6. The van der Waals surface area contributed by atoms with Crippen LogP contribution in [0.4, 0.5) is 28.4 Å². The largest absolute Gasteiger partial charge is 0.418 e. The van der Waals surface area contributed by atoms with Gasteiger partial charge in [0.25, 0.3) is 0 Å². The molecule has 0 saturated carbocycles. The number of aromatic nitrogens is 4. The van der Waals surface area contributed by atoms with Crippen molar-refractivity contribution >= 4 is 66.8 Å². The van der Waals surface area contributed by atoms with Crippen molar-refractivity contribution in [3.05, 3.63) is 209 Å². The van der Waals surface area contributed by atoms with Crippen molar-refractivity contribution < 1.29 is 8.83 Å². The molecule has 316 valence electrons. The van der Waals surface area contributed by atoms with Crippen molar-refractivity contribution in [1.29, 1.82) is 0 Å². The van der Waals surface area contributed by atoms with E-state index in [1.54, 1.807) is 12.4 Å². The number of oxazole rings is 2. The Balaban J connectivity index is 0.000000133. The Hall–Kier alpha value is -7.36. The number of hydrogen-bond acceptors (Lipinski definition) is 8. The highest BCUT2D eigenvalue weighted by Gasteiger charge is 2.36. The summed E-state index contributed by atoms with van der Waals surface area (Å²) in [6.45, 7) is 9.16. The van der Waals surface area contributed by atoms with Crippen LogP contribution in [0.15, 0.2) is 196 Å². The third-order valence-corrected chi connectivity index (χ3v) is 12.4. The lowest BCUT2D eigenvalue weighted by Gasteiger charge is -2.42. The molecule has 9 heteroatoms. The normalized spacial score (nSPS) is 13.6. The van der Waals surface area contributed by atoms with Crippen molar-refractivity contribution in [3.8, 4) is 22.9 Å². The highest BCUT2D eigenvalue weighted by atomic mass is 79.9. The molecule has 0 bridgehead atoms. The summed E-state index contributed by atoms with van der Waals surface area (Å²) in [6.07, 6.45) is 3.41. The number of hydrogen-bond donors (Lipinski definition) is 1. The van der Waals surface area contributed by atoms with E-state index in [0.29, 0.717) is 23.2 Å². The van der Waals surface area contributed by atoms with Gasteiger partial charge >= 0.3 is 0 Å². The molecule has 2 aliphatic rings. The number of pyridine rings is 2. The van der Waals surface area contributed by atoms with E-state index in [2.05, 4.69) is 195 Å². The Morgan fingerprint density at radius 3 is 1.34 bits per heavy atom. The standard InChI is InChI=1S/C27H21N3O.C15H15N.C12H7BrN2O.CH4/c1-27(2)20-8-3-5-11-23(20)30(24-12-6-4-9-21(24)27)19-15-13-18(14-16-19)25-29-22-10-7-17-28-26(22)31-25;1-15(2)11-7-3-5-9-13(11)16-14-10-6-4-8-12(14)15;13-9-5-3-8(4-6-9)11-15-10-2-1-7-14-12(10)16-11;/h3-17H,1-2H3;3-10,16H,1-2H3;1-7H;1H4. The van der Waals surface area contributed by atoms with Gasteiger partial charge in [0, 0.05) is 55.9 Å². The third-order valence-electron chi connectivity index (χ3n) is 11.9. The van der Waals surface area contributed by atoms with E-state index in [9.17, 15) is 0 Å². The fourth-order valence-corrected chi connectivity index (χ4v) is 8.91. The number of halogens is 1. The lowest BCUT2D eigenvalue weighted by Crippen LogP contribution is -2.30. The van der Waals surface area contributed by atoms with Crippen molar-refractivity contribution in [2.75, 3.05) is 10.2 Å². The van der Waals surface area contributed by atoms with Gasteiger partial charge in [-0.25, -0.2) is 19.9 Å². The topological polar surface area (TPSA) is 93.1 Å². The molecule has 6 heterocycles. The Morgan fingerprint density at radius 2 is 0.875 bits per heavy atom. The maximum Gasteiger partial charge on any atom is 0.247 e. The first-order chi connectivity index (χ1) is 30.6. The molecule has 0 saturated heterocycles. The predicted molar refractivity (Wildman–Crippen MR) is 264 cm³/mol. The minimum atomic E-state index is -0.0607. The van der Waals surface area contributed by atoms with Crippen molar-refractivity contribution in [1.82, 2.24) is 19.9 Å². The summed E-state index contributed by atoms with van der Waals surface area (Å²) in [5.41, 5.74) is 15.9. The smallest absolute Gasteiger partial charge is 0.247 e. The zero-order valence-corrected chi connectivity index (χ0v) is 36.8. The molecule has 0 radical (unpaired) electrons. The van der Waals surface area contributed by atoms with E-state index in [-0.39, 0.29) is 18.3 Å². The van der Waals surface area contributed by atoms with E-state index >= 15 is 0 Å². The summed E-state index contributed by atoms with van der Waals surface area (Å²) >= 11 is 3.39. The van der Waals surface area contributed by atoms with Crippen LogP contribution in [0.25, 0.3) is 45.4 Å². The van der Waals surface area contributed by atoms with Gasteiger partial charge in [0.05, 0.1) is 11.4 Å². The van der Waals surface area contributed by atoms with Crippen LogP contribution in [-0.2, 0) is 10.8 Å². The van der Waals surface area contributed by atoms with Crippen molar-refractivity contribution in [2.24, 2.45) is 0 Å². The molecule has 0 atom stereocenters. The van der Waals surface area contributed by atoms with Gasteiger partial charge < -0.3 is 19.1 Å². The summed E-state index contributed by atoms with van der Waals surface area (Å²) in [6, 6.07) is 58.1. The van der Waals surface area contributed by atoms with E-state index in [0.717, 1.165) is 32.3 Å². The monoisotopic (exact) mass is 902 g/mol. The molecule has 64 heavy (non-hydrogen) atoms. The molecule has 4 aromatic heterocycles. The summed E-state index contributed by atoms with van der Waals surface area (Å²) in [5, 5.41) is 3.50. The maximum atomic E-state index is 5.84. The molecular formula is C55H47BrN6O2.